The third kappa shape index (κ3) is 3.80. The summed E-state index contributed by atoms with van der Waals surface area (Å²) in [7, 11) is -2.20. The van der Waals surface area contributed by atoms with Crippen LogP contribution in [0.1, 0.15) is 34.9 Å². The summed E-state index contributed by atoms with van der Waals surface area (Å²) >= 11 is 0. The summed E-state index contributed by atoms with van der Waals surface area (Å²) in [6.07, 6.45) is 2.28. The minimum atomic E-state index is -3.53. The molecule has 0 unspecified atom stereocenters. The number of aromatic nitrogens is 3. The molecule has 3 aromatic rings. The minimum absolute atomic E-state index is 0.102. The van der Waals surface area contributed by atoms with Crippen molar-refractivity contribution in [3.05, 3.63) is 59.9 Å². The van der Waals surface area contributed by atoms with Crippen LogP contribution in [-0.4, -0.2) is 36.6 Å². The molecule has 3 N–H and O–H groups in total. The number of hydrogen-bond acceptors (Lipinski definition) is 5. The minimum Gasteiger partial charge on any atom is -0.322 e. The molecule has 144 valence electrons. The molecule has 0 bridgehead atoms. The Kier molecular flexibility index (Phi) is 4.70. The Labute approximate surface area is 162 Å². The number of carbonyl (C=O) groups is 1. The number of rotatable bonds is 6. The average Bonchev–Trinajstić information content (AvgIpc) is 3.45. The smallest absolute Gasteiger partial charge is 0.255 e. The lowest BCUT2D eigenvalue weighted by Crippen LogP contribution is -2.19. The first kappa shape index (κ1) is 18.3. The molecule has 1 fully saturated rings. The van der Waals surface area contributed by atoms with E-state index in [4.69, 9.17) is 0 Å². The zero-order chi connectivity index (χ0) is 19.7. The van der Waals surface area contributed by atoms with Gasteiger partial charge in [0.25, 0.3) is 5.91 Å². The standard InChI is InChI=1S/C19H19N5O3S/c1-20-28(26,27)16-9-7-13(8-10-16)19(25)21-15-4-2-3-14(11-15)18-22-17(23-24-18)12-5-6-12/h2-4,7-12,20H,5-6H2,1H3,(H,21,25)(H,22,23,24). The van der Waals surface area contributed by atoms with Gasteiger partial charge in [-0.2, -0.15) is 5.10 Å². The topological polar surface area (TPSA) is 117 Å². The maximum atomic E-state index is 12.5. The molecule has 8 nitrogen and oxygen atoms in total. The third-order valence-electron chi connectivity index (χ3n) is 4.54. The van der Waals surface area contributed by atoms with Crippen LogP contribution >= 0.6 is 0 Å². The zero-order valence-electron chi connectivity index (χ0n) is 15.1. The highest BCUT2D eigenvalue weighted by atomic mass is 32.2. The van der Waals surface area contributed by atoms with E-state index >= 15 is 0 Å². The van der Waals surface area contributed by atoms with E-state index in [0.29, 0.717) is 23.0 Å². The van der Waals surface area contributed by atoms with Crippen LogP contribution in [0.4, 0.5) is 5.69 Å². The molecule has 1 heterocycles. The number of H-pyrrole nitrogens is 1. The van der Waals surface area contributed by atoms with Gasteiger partial charge in [-0.3, -0.25) is 9.89 Å². The predicted molar refractivity (Wildman–Crippen MR) is 104 cm³/mol. The largest absolute Gasteiger partial charge is 0.322 e. The van der Waals surface area contributed by atoms with Crippen molar-refractivity contribution in [1.82, 2.24) is 19.9 Å². The Morgan fingerprint density at radius 1 is 1.14 bits per heavy atom. The Hall–Kier alpha value is -3.04. The van der Waals surface area contributed by atoms with Crippen LogP contribution < -0.4 is 10.0 Å². The van der Waals surface area contributed by atoms with Crippen molar-refractivity contribution in [2.75, 3.05) is 12.4 Å². The summed E-state index contributed by atoms with van der Waals surface area (Å²) in [6.45, 7) is 0. The summed E-state index contributed by atoms with van der Waals surface area (Å²) in [5.41, 5.74) is 1.76. The van der Waals surface area contributed by atoms with Gasteiger partial charge in [0.1, 0.15) is 5.82 Å². The molecule has 1 aliphatic rings. The summed E-state index contributed by atoms with van der Waals surface area (Å²) in [5.74, 6) is 1.65. The Bertz CT molecular complexity index is 1120. The van der Waals surface area contributed by atoms with Gasteiger partial charge in [0.15, 0.2) is 5.82 Å². The number of carbonyl (C=O) groups excluding carboxylic acids is 1. The van der Waals surface area contributed by atoms with Crippen LogP contribution in [0.25, 0.3) is 11.4 Å². The summed E-state index contributed by atoms with van der Waals surface area (Å²) < 4.78 is 25.8. The second-order valence-corrected chi connectivity index (χ2v) is 8.47. The molecule has 0 radical (unpaired) electrons. The average molecular weight is 397 g/mol. The molecule has 28 heavy (non-hydrogen) atoms. The second-order valence-electron chi connectivity index (χ2n) is 6.59. The quantitative estimate of drug-likeness (QED) is 0.591. The van der Waals surface area contributed by atoms with E-state index < -0.39 is 10.0 Å². The predicted octanol–water partition coefficient (Wildman–Crippen LogP) is 2.51. The van der Waals surface area contributed by atoms with Gasteiger partial charge in [-0.15, -0.1) is 0 Å². The van der Waals surface area contributed by atoms with Crippen LogP contribution in [0.3, 0.4) is 0 Å². The molecule has 1 aromatic heterocycles. The van der Waals surface area contributed by atoms with Crippen molar-refractivity contribution >= 4 is 21.6 Å². The van der Waals surface area contributed by atoms with Crippen molar-refractivity contribution in [2.24, 2.45) is 0 Å². The lowest BCUT2D eigenvalue weighted by molar-refractivity contribution is 0.102. The molecule has 1 aliphatic carbocycles. The first-order chi connectivity index (χ1) is 13.5. The highest BCUT2D eigenvalue weighted by Crippen LogP contribution is 2.38. The van der Waals surface area contributed by atoms with Crippen LogP contribution in [0.2, 0.25) is 0 Å². The van der Waals surface area contributed by atoms with E-state index in [2.05, 4.69) is 25.2 Å². The van der Waals surface area contributed by atoms with Crippen molar-refractivity contribution in [2.45, 2.75) is 23.7 Å². The lowest BCUT2D eigenvalue weighted by Gasteiger charge is -2.07. The van der Waals surface area contributed by atoms with Gasteiger partial charge in [0.2, 0.25) is 10.0 Å². The molecule has 0 atom stereocenters. The molecule has 9 heteroatoms. The van der Waals surface area contributed by atoms with E-state index in [9.17, 15) is 13.2 Å². The van der Waals surface area contributed by atoms with E-state index in [-0.39, 0.29) is 10.8 Å². The first-order valence-corrected chi connectivity index (χ1v) is 10.3. The molecule has 0 saturated heterocycles. The number of sulfonamides is 1. The number of benzene rings is 2. The van der Waals surface area contributed by atoms with E-state index in [1.165, 1.54) is 31.3 Å². The highest BCUT2D eigenvalue weighted by molar-refractivity contribution is 7.89. The summed E-state index contributed by atoms with van der Waals surface area (Å²) in [5, 5.41) is 10.0. The van der Waals surface area contributed by atoms with Crippen molar-refractivity contribution in [3.8, 4) is 11.4 Å². The Balaban J connectivity index is 1.50. The number of anilines is 1. The molecule has 2 aromatic carbocycles. The van der Waals surface area contributed by atoms with Gasteiger partial charge in [-0.05, 0) is 56.3 Å². The normalized spacial score (nSPS) is 14.0. The van der Waals surface area contributed by atoms with Crippen LogP contribution in [0.15, 0.2) is 53.4 Å². The zero-order valence-corrected chi connectivity index (χ0v) is 16.0. The number of hydrogen-bond donors (Lipinski definition) is 3. The fourth-order valence-electron chi connectivity index (χ4n) is 2.79. The number of nitrogens with one attached hydrogen (secondary N) is 3. The van der Waals surface area contributed by atoms with Crippen LogP contribution in [-0.2, 0) is 10.0 Å². The Morgan fingerprint density at radius 3 is 2.57 bits per heavy atom. The fourth-order valence-corrected chi connectivity index (χ4v) is 3.52. The second kappa shape index (κ2) is 7.17. The number of amides is 1. The van der Waals surface area contributed by atoms with Crippen molar-refractivity contribution in [3.63, 3.8) is 0 Å². The first-order valence-electron chi connectivity index (χ1n) is 8.84. The van der Waals surface area contributed by atoms with Gasteiger partial charge in [0.05, 0.1) is 4.90 Å². The van der Waals surface area contributed by atoms with Crippen molar-refractivity contribution < 1.29 is 13.2 Å². The molecule has 4 rings (SSSR count). The summed E-state index contributed by atoms with van der Waals surface area (Å²) in [4.78, 5) is 17.1. The lowest BCUT2D eigenvalue weighted by atomic mass is 10.1. The van der Waals surface area contributed by atoms with Crippen molar-refractivity contribution in [1.29, 1.82) is 0 Å². The van der Waals surface area contributed by atoms with Gasteiger partial charge in [-0.25, -0.2) is 18.1 Å². The maximum absolute atomic E-state index is 12.5. The van der Waals surface area contributed by atoms with Gasteiger partial charge in [-0.1, -0.05) is 12.1 Å². The van der Waals surface area contributed by atoms with Crippen LogP contribution in [0, 0.1) is 0 Å². The van der Waals surface area contributed by atoms with Crippen LogP contribution in [0.5, 0.6) is 0 Å². The SMILES string of the molecule is CNS(=O)(=O)c1ccc(C(=O)Nc2cccc(-c3n[nH]c(C4CC4)n3)c2)cc1. The molecule has 1 saturated carbocycles. The molecule has 0 aliphatic heterocycles. The molecule has 1 amide bonds. The number of nitrogens with zero attached hydrogens (tertiary/aromatic N) is 2. The van der Waals surface area contributed by atoms with Gasteiger partial charge in [0, 0.05) is 22.7 Å². The highest BCUT2D eigenvalue weighted by Gasteiger charge is 2.27. The maximum Gasteiger partial charge on any atom is 0.255 e. The number of aromatic amines is 1. The summed E-state index contributed by atoms with van der Waals surface area (Å²) in [6, 6.07) is 13.0. The fraction of sp³-hybridized carbons (Fsp3) is 0.211. The van der Waals surface area contributed by atoms with E-state index in [1.807, 2.05) is 12.1 Å². The van der Waals surface area contributed by atoms with Gasteiger partial charge < -0.3 is 5.32 Å². The molecule has 0 spiro atoms. The molecular weight excluding hydrogens is 378 g/mol. The van der Waals surface area contributed by atoms with E-state index in [1.54, 1.807) is 12.1 Å². The monoisotopic (exact) mass is 397 g/mol. The Morgan fingerprint density at radius 2 is 1.89 bits per heavy atom. The van der Waals surface area contributed by atoms with E-state index in [0.717, 1.165) is 24.2 Å². The van der Waals surface area contributed by atoms with Gasteiger partial charge >= 0.3 is 0 Å². The third-order valence-corrected chi connectivity index (χ3v) is 5.97. The molecular formula is C19H19N5O3S.